The minimum absolute atomic E-state index is 0.265. The van der Waals surface area contributed by atoms with E-state index in [0.29, 0.717) is 25.1 Å². The van der Waals surface area contributed by atoms with Gasteiger partial charge in [0, 0.05) is 33.3 Å². The molecule has 2 fully saturated rings. The van der Waals surface area contributed by atoms with Crippen molar-refractivity contribution in [2.45, 2.75) is 44.3 Å². The van der Waals surface area contributed by atoms with E-state index in [1.807, 2.05) is 0 Å². The molecule has 0 aromatic heterocycles. The van der Waals surface area contributed by atoms with Gasteiger partial charge in [-0.3, -0.25) is 4.99 Å². The molecule has 1 aromatic rings. The molecule has 0 bridgehead atoms. The van der Waals surface area contributed by atoms with E-state index in [4.69, 9.17) is 9.47 Å². The van der Waals surface area contributed by atoms with Crippen LogP contribution in [0, 0.1) is 11.6 Å². The zero-order chi connectivity index (χ0) is 19.1. The summed E-state index contributed by atoms with van der Waals surface area (Å²) in [5, 5.41) is 3.25. The molecule has 1 aromatic carbocycles. The lowest BCUT2D eigenvalue weighted by molar-refractivity contribution is -0.0367. The molecule has 1 atom stereocenters. The van der Waals surface area contributed by atoms with E-state index in [2.05, 4.69) is 15.2 Å². The average molecular weight is 381 g/mol. The molecule has 2 heterocycles. The smallest absolute Gasteiger partial charge is 0.193 e. The molecule has 2 saturated heterocycles. The van der Waals surface area contributed by atoms with Gasteiger partial charge in [-0.05, 0) is 55.9 Å². The van der Waals surface area contributed by atoms with E-state index in [1.165, 1.54) is 12.1 Å². The molecule has 1 N–H and O–H groups in total. The second-order valence-corrected chi connectivity index (χ2v) is 7.11. The number of aliphatic imine (C=N–C) groups is 1. The Morgan fingerprint density at radius 3 is 2.81 bits per heavy atom. The van der Waals surface area contributed by atoms with Crippen molar-refractivity contribution in [2.24, 2.45) is 4.99 Å². The first-order valence-electron chi connectivity index (χ1n) is 9.78. The first-order valence-corrected chi connectivity index (χ1v) is 9.78. The second kappa shape index (κ2) is 9.99. The Morgan fingerprint density at radius 1 is 1.30 bits per heavy atom. The maximum Gasteiger partial charge on any atom is 0.193 e. The van der Waals surface area contributed by atoms with Gasteiger partial charge >= 0.3 is 0 Å². The third-order valence-electron chi connectivity index (χ3n) is 5.18. The van der Waals surface area contributed by atoms with E-state index in [1.54, 1.807) is 7.05 Å². The number of halogens is 2. The minimum Gasteiger partial charge on any atom is -0.376 e. The zero-order valence-electron chi connectivity index (χ0n) is 15.9. The Labute approximate surface area is 159 Å². The van der Waals surface area contributed by atoms with E-state index >= 15 is 0 Å². The standard InChI is InChI=1S/C20H29F2N3O2/c1-23-20(24-9-6-15-13-16(21)4-5-19(15)22)25-10-7-17(8-11-25)27-14-18-3-2-12-26-18/h4-5,13,17-18H,2-3,6-12,14H2,1H3,(H,23,24). The van der Waals surface area contributed by atoms with Crippen molar-refractivity contribution in [3.63, 3.8) is 0 Å². The monoisotopic (exact) mass is 381 g/mol. The van der Waals surface area contributed by atoms with Crippen LogP contribution in [0.1, 0.15) is 31.2 Å². The van der Waals surface area contributed by atoms with E-state index in [-0.39, 0.29) is 18.0 Å². The third kappa shape index (κ3) is 5.87. The lowest BCUT2D eigenvalue weighted by atomic mass is 10.1. The van der Waals surface area contributed by atoms with Crippen LogP contribution in [0.2, 0.25) is 0 Å². The van der Waals surface area contributed by atoms with Crippen molar-refractivity contribution in [2.75, 3.05) is 39.9 Å². The molecular weight excluding hydrogens is 352 g/mol. The highest BCUT2D eigenvalue weighted by Gasteiger charge is 2.24. The maximum atomic E-state index is 13.7. The highest BCUT2D eigenvalue weighted by atomic mass is 19.1. The molecule has 27 heavy (non-hydrogen) atoms. The Kier molecular flexibility index (Phi) is 7.41. The third-order valence-corrected chi connectivity index (χ3v) is 5.18. The van der Waals surface area contributed by atoms with Gasteiger partial charge in [0.15, 0.2) is 5.96 Å². The first kappa shape index (κ1) is 20.0. The van der Waals surface area contributed by atoms with Crippen LogP contribution in [0.25, 0.3) is 0 Å². The van der Waals surface area contributed by atoms with Crippen LogP contribution in [0.3, 0.4) is 0 Å². The lowest BCUT2D eigenvalue weighted by Crippen LogP contribution is -2.47. The van der Waals surface area contributed by atoms with Gasteiger partial charge in [-0.25, -0.2) is 8.78 Å². The molecule has 2 aliphatic heterocycles. The summed E-state index contributed by atoms with van der Waals surface area (Å²) in [5.41, 5.74) is 0.374. The minimum atomic E-state index is -0.416. The summed E-state index contributed by atoms with van der Waals surface area (Å²) in [6.45, 7) is 3.78. The summed E-state index contributed by atoms with van der Waals surface area (Å²) in [6.07, 6.45) is 5.07. The summed E-state index contributed by atoms with van der Waals surface area (Å²) in [6, 6.07) is 3.55. The van der Waals surface area contributed by atoms with Crippen LogP contribution >= 0.6 is 0 Å². The molecule has 3 rings (SSSR count). The van der Waals surface area contributed by atoms with E-state index in [0.717, 1.165) is 57.4 Å². The fourth-order valence-corrected chi connectivity index (χ4v) is 3.63. The number of hydrogen-bond acceptors (Lipinski definition) is 3. The quantitative estimate of drug-likeness (QED) is 0.608. The summed E-state index contributed by atoms with van der Waals surface area (Å²) >= 11 is 0. The van der Waals surface area contributed by atoms with Gasteiger partial charge in [0.1, 0.15) is 11.6 Å². The number of nitrogens with one attached hydrogen (secondary N) is 1. The number of piperidine rings is 1. The fourth-order valence-electron chi connectivity index (χ4n) is 3.63. The SMILES string of the molecule is CN=C(NCCc1cc(F)ccc1F)N1CCC(OCC2CCCO2)CC1. The van der Waals surface area contributed by atoms with Crippen LogP contribution in [0.5, 0.6) is 0 Å². The summed E-state index contributed by atoms with van der Waals surface area (Å²) in [7, 11) is 1.74. The van der Waals surface area contributed by atoms with Crippen LogP contribution in [-0.2, 0) is 15.9 Å². The van der Waals surface area contributed by atoms with Gasteiger partial charge in [-0.1, -0.05) is 0 Å². The van der Waals surface area contributed by atoms with Gasteiger partial charge in [0.2, 0.25) is 0 Å². The number of likely N-dealkylation sites (tertiary alicyclic amines) is 1. The van der Waals surface area contributed by atoms with E-state index in [9.17, 15) is 8.78 Å². The fraction of sp³-hybridized carbons (Fsp3) is 0.650. The average Bonchev–Trinajstić information content (AvgIpc) is 3.20. The molecule has 150 valence electrons. The number of benzene rings is 1. The van der Waals surface area contributed by atoms with Gasteiger partial charge in [-0.15, -0.1) is 0 Å². The molecular formula is C20H29F2N3O2. The zero-order valence-corrected chi connectivity index (χ0v) is 15.9. The predicted octanol–water partition coefficient (Wildman–Crippen LogP) is 2.74. The molecule has 0 spiro atoms. The maximum absolute atomic E-state index is 13.7. The summed E-state index contributed by atoms with van der Waals surface area (Å²) < 4.78 is 38.6. The van der Waals surface area contributed by atoms with Gasteiger partial charge in [0.25, 0.3) is 0 Å². The van der Waals surface area contributed by atoms with Crippen molar-refractivity contribution in [3.8, 4) is 0 Å². The Hall–Kier alpha value is -1.73. The molecule has 5 nitrogen and oxygen atoms in total. The lowest BCUT2D eigenvalue weighted by Gasteiger charge is -2.34. The molecule has 2 aliphatic rings. The summed E-state index contributed by atoms with van der Waals surface area (Å²) in [5.74, 6) is 0.00244. The topological polar surface area (TPSA) is 46.1 Å². The highest BCUT2D eigenvalue weighted by molar-refractivity contribution is 5.79. The van der Waals surface area contributed by atoms with Crippen LogP contribution in [0.15, 0.2) is 23.2 Å². The predicted molar refractivity (Wildman–Crippen MR) is 101 cm³/mol. The van der Waals surface area contributed by atoms with Crippen LogP contribution in [-0.4, -0.2) is 63.0 Å². The molecule has 0 aliphatic carbocycles. The van der Waals surface area contributed by atoms with Crippen molar-refractivity contribution in [1.29, 1.82) is 0 Å². The highest BCUT2D eigenvalue weighted by Crippen LogP contribution is 2.18. The summed E-state index contributed by atoms with van der Waals surface area (Å²) in [4.78, 5) is 6.51. The Bertz CT molecular complexity index is 628. The van der Waals surface area contributed by atoms with Gasteiger partial charge < -0.3 is 19.7 Å². The number of hydrogen-bond donors (Lipinski definition) is 1. The first-order chi connectivity index (χ1) is 13.2. The largest absolute Gasteiger partial charge is 0.376 e. The Balaban J connectivity index is 1.39. The molecule has 7 heteroatoms. The van der Waals surface area contributed by atoms with Gasteiger partial charge in [-0.2, -0.15) is 0 Å². The number of nitrogens with zero attached hydrogens (tertiary/aromatic N) is 2. The molecule has 0 amide bonds. The second-order valence-electron chi connectivity index (χ2n) is 7.11. The molecule has 0 saturated carbocycles. The van der Waals surface area contributed by atoms with Crippen molar-refractivity contribution < 1.29 is 18.3 Å². The number of ether oxygens (including phenoxy) is 2. The van der Waals surface area contributed by atoms with Crippen molar-refractivity contribution in [1.82, 2.24) is 10.2 Å². The van der Waals surface area contributed by atoms with Gasteiger partial charge in [0.05, 0.1) is 18.8 Å². The Morgan fingerprint density at radius 2 is 2.11 bits per heavy atom. The molecule has 0 radical (unpaired) electrons. The normalized spacial score (nSPS) is 21.7. The van der Waals surface area contributed by atoms with Crippen molar-refractivity contribution in [3.05, 3.63) is 35.4 Å². The van der Waals surface area contributed by atoms with E-state index < -0.39 is 5.82 Å². The van der Waals surface area contributed by atoms with Crippen molar-refractivity contribution >= 4 is 5.96 Å². The number of guanidine groups is 1. The van der Waals surface area contributed by atoms with Crippen LogP contribution < -0.4 is 5.32 Å². The number of rotatable bonds is 6. The van der Waals surface area contributed by atoms with Crippen LogP contribution in [0.4, 0.5) is 8.78 Å². The molecule has 1 unspecified atom stereocenters.